The maximum atomic E-state index is 5.82. The van der Waals surface area contributed by atoms with Crippen LogP contribution in [0.4, 0.5) is 5.69 Å². The first-order valence-electron chi connectivity index (χ1n) is 6.23. The summed E-state index contributed by atoms with van der Waals surface area (Å²) in [5.74, 6) is 0.756. The number of fused-ring (bicyclic) bond motifs is 1. The predicted octanol–water partition coefficient (Wildman–Crippen LogP) is 3.02. The molecule has 2 N–H and O–H groups in total. The molecule has 0 bridgehead atoms. The molecule has 1 aliphatic heterocycles. The number of hydrogen-bond donors (Lipinski definition) is 1. The van der Waals surface area contributed by atoms with Crippen LogP contribution in [-0.4, -0.2) is 10.9 Å². The third-order valence-corrected chi connectivity index (χ3v) is 4.02. The van der Waals surface area contributed by atoms with E-state index in [-0.39, 0.29) is 0 Å². The quantitative estimate of drug-likeness (QED) is 0.790. The van der Waals surface area contributed by atoms with Crippen LogP contribution in [0.5, 0.6) is 0 Å². The van der Waals surface area contributed by atoms with Crippen LogP contribution >= 0.6 is 0 Å². The van der Waals surface area contributed by atoms with Gasteiger partial charge in [0.1, 0.15) is 0 Å². The lowest BCUT2D eigenvalue weighted by Gasteiger charge is -2.28. The molecule has 1 aliphatic rings. The van der Waals surface area contributed by atoms with Crippen molar-refractivity contribution >= 4 is 5.69 Å². The minimum Gasteiger partial charge on any atom is -0.399 e. The Morgan fingerprint density at radius 2 is 1.94 bits per heavy atom. The van der Waals surface area contributed by atoms with Gasteiger partial charge in [0.15, 0.2) is 0 Å². The average Bonchev–Trinajstić information content (AvgIpc) is 2.69. The summed E-state index contributed by atoms with van der Waals surface area (Å²) in [7, 11) is 0. The van der Waals surface area contributed by atoms with E-state index in [2.05, 4.69) is 37.8 Å². The SMILES string of the molecule is CCC(C)C(C)N1Cc2ccc(N)cc2C1. The standard InChI is InChI=1S/C14H22N2/c1-4-10(2)11(3)16-8-12-5-6-14(15)7-13(12)9-16/h5-7,10-11H,4,8-9,15H2,1-3H3. The molecule has 0 saturated heterocycles. The Kier molecular flexibility index (Phi) is 3.20. The highest BCUT2D eigenvalue weighted by Gasteiger charge is 2.25. The fourth-order valence-corrected chi connectivity index (χ4v) is 2.43. The van der Waals surface area contributed by atoms with Gasteiger partial charge in [-0.05, 0) is 36.1 Å². The number of nitrogen functional groups attached to an aromatic ring is 1. The summed E-state index contributed by atoms with van der Waals surface area (Å²) < 4.78 is 0. The second-order valence-electron chi connectivity index (χ2n) is 5.06. The molecule has 0 fully saturated rings. The van der Waals surface area contributed by atoms with Crippen LogP contribution < -0.4 is 5.73 Å². The van der Waals surface area contributed by atoms with Gasteiger partial charge in [0.05, 0.1) is 0 Å². The highest BCUT2D eigenvalue weighted by Crippen LogP contribution is 2.28. The third kappa shape index (κ3) is 2.07. The van der Waals surface area contributed by atoms with E-state index >= 15 is 0 Å². The Balaban J connectivity index is 2.10. The van der Waals surface area contributed by atoms with Crippen molar-refractivity contribution in [1.29, 1.82) is 0 Å². The first-order chi connectivity index (χ1) is 7.61. The highest BCUT2D eigenvalue weighted by molar-refractivity contribution is 5.46. The van der Waals surface area contributed by atoms with Crippen LogP contribution in [0.3, 0.4) is 0 Å². The van der Waals surface area contributed by atoms with Crippen molar-refractivity contribution in [3.63, 3.8) is 0 Å². The third-order valence-electron chi connectivity index (χ3n) is 4.02. The number of nitrogens with zero attached hydrogens (tertiary/aromatic N) is 1. The van der Waals surface area contributed by atoms with E-state index in [0.29, 0.717) is 6.04 Å². The zero-order valence-corrected chi connectivity index (χ0v) is 10.5. The summed E-state index contributed by atoms with van der Waals surface area (Å²) in [4.78, 5) is 2.55. The summed E-state index contributed by atoms with van der Waals surface area (Å²) in [6, 6.07) is 6.96. The van der Waals surface area contributed by atoms with Gasteiger partial charge in [0.2, 0.25) is 0 Å². The van der Waals surface area contributed by atoms with Crippen LogP contribution in [-0.2, 0) is 13.1 Å². The van der Waals surface area contributed by atoms with Crippen LogP contribution in [0, 0.1) is 5.92 Å². The lowest BCUT2D eigenvalue weighted by atomic mass is 10.00. The summed E-state index contributed by atoms with van der Waals surface area (Å²) in [6.45, 7) is 9.08. The van der Waals surface area contributed by atoms with E-state index < -0.39 is 0 Å². The van der Waals surface area contributed by atoms with Crippen molar-refractivity contribution in [1.82, 2.24) is 4.90 Å². The lowest BCUT2D eigenvalue weighted by Crippen LogP contribution is -2.33. The van der Waals surface area contributed by atoms with E-state index in [4.69, 9.17) is 5.73 Å². The molecule has 1 aromatic carbocycles. The number of nitrogens with two attached hydrogens (primary N) is 1. The van der Waals surface area contributed by atoms with E-state index in [1.807, 2.05) is 6.07 Å². The molecule has 0 spiro atoms. The molecule has 2 heteroatoms. The maximum absolute atomic E-state index is 5.82. The topological polar surface area (TPSA) is 29.3 Å². The van der Waals surface area contributed by atoms with Gasteiger partial charge in [-0.3, -0.25) is 4.90 Å². The highest BCUT2D eigenvalue weighted by atomic mass is 15.2. The number of rotatable bonds is 3. The summed E-state index contributed by atoms with van der Waals surface area (Å²) in [6.07, 6.45) is 1.25. The number of benzene rings is 1. The molecule has 88 valence electrons. The van der Waals surface area contributed by atoms with Crippen molar-refractivity contribution in [3.05, 3.63) is 29.3 Å². The average molecular weight is 218 g/mol. The molecule has 2 unspecified atom stereocenters. The normalized spacial score (nSPS) is 19.4. The molecule has 1 aromatic rings. The van der Waals surface area contributed by atoms with Crippen LogP contribution in [0.25, 0.3) is 0 Å². The van der Waals surface area contributed by atoms with Gasteiger partial charge in [-0.1, -0.05) is 26.3 Å². The van der Waals surface area contributed by atoms with Gasteiger partial charge < -0.3 is 5.73 Å². The minimum absolute atomic E-state index is 0.652. The fraction of sp³-hybridized carbons (Fsp3) is 0.571. The molecule has 2 nitrogen and oxygen atoms in total. The molecule has 0 saturated carbocycles. The number of anilines is 1. The summed E-state index contributed by atoms with van der Waals surface area (Å²) in [5, 5.41) is 0. The molecular formula is C14H22N2. The maximum Gasteiger partial charge on any atom is 0.0317 e. The second kappa shape index (κ2) is 4.46. The van der Waals surface area contributed by atoms with Crippen molar-refractivity contribution < 1.29 is 0 Å². The zero-order valence-electron chi connectivity index (χ0n) is 10.5. The molecular weight excluding hydrogens is 196 g/mol. The Labute approximate surface area is 98.4 Å². The van der Waals surface area contributed by atoms with Crippen LogP contribution in [0.1, 0.15) is 38.3 Å². The van der Waals surface area contributed by atoms with E-state index in [9.17, 15) is 0 Å². The minimum atomic E-state index is 0.652. The Hall–Kier alpha value is -1.02. The summed E-state index contributed by atoms with van der Waals surface area (Å²) in [5.41, 5.74) is 9.57. The molecule has 0 amide bonds. The molecule has 1 heterocycles. The molecule has 0 aliphatic carbocycles. The van der Waals surface area contributed by atoms with Crippen LogP contribution in [0.15, 0.2) is 18.2 Å². The van der Waals surface area contributed by atoms with Gasteiger partial charge in [-0.25, -0.2) is 0 Å². The fourth-order valence-electron chi connectivity index (χ4n) is 2.43. The van der Waals surface area contributed by atoms with Crippen molar-refractivity contribution in [2.75, 3.05) is 5.73 Å². The van der Waals surface area contributed by atoms with Gasteiger partial charge in [-0.15, -0.1) is 0 Å². The van der Waals surface area contributed by atoms with Gasteiger partial charge in [0.25, 0.3) is 0 Å². The number of hydrogen-bond acceptors (Lipinski definition) is 2. The smallest absolute Gasteiger partial charge is 0.0317 e. The van der Waals surface area contributed by atoms with Gasteiger partial charge in [-0.2, -0.15) is 0 Å². The van der Waals surface area contributed by atoms with E-state index in [0.717, 1.165) is 24.7 Å². The van der Waals surface area contributed by atoms with Gasteiger partial charge in [0, 0.05) is 24.8 Å². The first-order valence-corrected chi connectivity index (χ1v) is 6.23. The monoisotopic (exact) mass is 218 g/mol. The van der Waals surface area contributed by atoms with E-state index in [1.165, 1.54) is 17.5 Å². The predicted molar refractivity (Wildman–Crippen MR) is 69.0 cm³/mol. The largest absolute Gasteiger partial charge is 0.399 e. The summed E-state index contributed by atoms with van der Waals surface area (Å²) >= 11 is 0. The van der Waals surface area contributed by atoms with E-state index in [1.54, 1.807) is 0 Å². The molecule has 0 aromatic heterocycles. The molecule has 0 radical (unpaired) electrons. The molecule has 2 rings (SSSR count). The van der Waals surface area contributed by atoms with Crippen molar-refractivity contribution in [3.8, 4) is 0 Å². The Morgan fingerprint density at radius 1 is 1.25 bits per heavy atom. The van der Waals surface area contributed by atoms with Crippen molar-refractivity contribution in [2.45, 2.75) is 46.3 Å². The molecule has 16 heavy (non-hydrogen) atoms. The zero-order chi connectivity index (χ0) is 11.7. The second-order valence-corrected chi connectivity index (χ2v) is 5.06. The lowest BCUT2D eigenvalue weighted by molar-refractivity contribution is 0.159. The Bertz CT molecular complexity index is 373. The first kappa shape index (κ1) is 11.5. The van der Waals surface area contributed by atoms with Crippen molar-refractivity contribution in [2.24, 2.45) is 5.92 Å². The molecule has 2 atom stereocenters. The van der Waals surface area contributed by atoms with Crippen LogP contribution in [0.2, 0.25) is 0 Å². The Morgan fingerprint density at radius 3 is 2.62 bits per heavy atom. The van der Waals surface area contributed by atoms with Gasteiger partial charge >= 0.3 is 0 Å².